The number of carbonyl (C=O) groups excluding carboxylic acids is 1. The Kier molecular flexibility index (Phi) is 8.41. The van der Waals surface area contributed by atoms with E-state index in [1.807, 2.05) is 0 Å². The van der Waals surface area contributed by atoms with Crippen LogP contribution in [0.3, 0.4) is 0 Å². The van der Waals surface area contributed by atoms with Crippen LogP contribution < -0.4 is 0 Å². The maximum atomic E-state index is 14.8. The van der Waals surface area contributed by atoms with Gasteiger partial charge in [-0.25, -0.2) is 14.2 Å². The standard InChI is InChI=1S/C21H33ClFN5O3Si/c1-14(27(5)20(29)31-21(2,3)4)17-18(15-9-10-24-19(22)16(15)23)26-28(25-17)13-30-11-12-32(6,7)8/h9-10,14H,11-13H2,1-8H3. The molecule has 2 aromatic rings. The van der Waals surface area contributed by atoms with Crippen LogP contribution >= 0.6 is 11.6 Å². The predicted octanol–water partition coefficient (Wildman–Crippen LogP) is 5.37. The molecule has 0 N–H and O–H groups in total. The van der Waals surface area contributed by atoms with Crippen LogP contribution in [0.25, 0.3) is 11.3 Å². The van der Waals surface area contributed by atoms with E-state index in [9.17, 15) is 9.18 Å². The van der Waals surface area contributed by atoms with Crippen molar-refractivity contribution < 1.29 is 18.7 Å². The molecule has 178 valence electrons. The van der Waals surface area contributed by atoms with Crippen LogP contribution in [0.2, 0.25) is 30.8 Å². The highest BCUT2D eigenvalue weighted by atomic mass is 35.5. The predicted molar refractivity (Wildman–Crippen MR) is 125 cm³/mol. The number of hydrogen-bond donors (Lipinski definition) is 0. The average molecular weight is 486 g/mol. The Bertz CT molecular complexity index is 942. The molecule has 11 heteroatoms. The number of nitrogens with zero attached hydrogens (tertiary/aromatic N) is 5. The maximum absolute atomic E-state index is 14.8. The van der Waals surface area contributed by atoms with E-state index in [-0.39, 0.29) is 23.1 Å². The number of pyridine rings is 1. The van der Waals surface area contributed by atoms with Crippen molar-refractivity contribution >= 4 is 25.8 Å². The fourth-order valence-electron chi connectivity index (χ4n) is 2.69. The van der Waals surface area contributed by atoms with E-state index in [1.165, 1.54) is 22.0 Å². The lowest BCUT2D eigenvalue weighted by molar-refractivity contribution is 0.0229. The molecule has 2 aromatic heterocycles. The molecular formula is C21H33ClFN5O3Si. The van der Waals surface area contributed by atoms with E-state index < -0.39 is 31.6 Å². The first-order valence-corrected chi connectivity index (χ1v) is 14.6. The first-order chi connectivity index (χ1) is 14.7. The van der Waals surface area contributed by atoms with Crippen LogP contribution in [0.5, 0.6) is 0 Å². The Balaban J connectivity index is 2.35. The van der Waals surface area contributed by atoms with Crippen molar-refractivity contribution in [3.63, 3.8) is 0 Å². The SMILES string of the molecule is CC(c1nn(COCC[Si](C)(C)C)nc1-c1ccnc(Cl)c1F)N(C)C(=O)OC(C)(C)C. The van der Waals surface area contributed by atoms with Crippen LogP contribution in [0.4, 0.5) is 9.18 Å². The molecule has 0 aromatic carbocycles. The molecule has 0 saturated carbocycles. The molecule has 1 amide bonds. The lowest BCUT2D eigenvalue weighted by Crippen LogP contribution is -2.36. The summed E-state index contributed by atoms with van der Waals surface area (Å²) in [6.45, 7) is 14.6. The van der Waals surface area contributed by atoms with Crippen molar-refractivity contribution in [1.29, 1.82) is 0 Å². The van der Waals surface area contributed by atoms with Gasteiger partial charge in [0.25, 0.3) is 0 Å². The largest absolute Gasteiger partial charge is 0.444 e. The Hall–Kier alpha value is -2.04. The lowest BCUT2D eigenvalue weighted by atomic mass is 10.1. The smallest absolute Gasteiger partial charge is 0.410 e. The van der Waals surface area contributed by atoms with Crippen LogP contribution in [-0.4, -0.2) is 58.3 Å². The summed E-state index contributed by atoms with van der Waals surface area (Å²) in [5, 5.41) is 8.68. The summed E-state index contributed by atoms with van der Waals surface area (Å²) in [5.74, 6) is -0.700. The summed E-state index contributed by atoms with van der Waals surface area (Å²) in [5.41, 5.74) is 0.162. The lowest BCUT2D eigenvalue weighted by Gasteiger charge is -2.28. The summed E-state index contributed by atoms with van der Waals surface area (Å²) in [6.07, 6.45) is 0.876. The molecule has 0 fully saturated rings. The molecule has 1 atom stereocenters. The van der Waals surface area contributed by atoms with Gasteiger partial charge in [-0.3, -0.25) is 0 Å². The minimum Gasteiger partial charge on any atom is -0.444 e. The fraction of sp³-hybridized carbons (Fsp3) is 0.619. The van der Waals surface area contributed by atoms with Crippen molar-refractivity contribution in [3.05, 3.63) is 28.9 Å². The van der Waals surface area contributed by atoms with Gasteiger partial charge < -0.3 is 14.4 Å². The minimum atomic E-state index is -1.24. The van der Waals surface area contributed by atoms with Crippen LogP contribution in [0, 0.1) is 5.82 Å². The molecule has 0 radical (unpaired) electrons. The highest BCUT2D eigenvalue weighted by Crippen LogP contribution is 2.32. The zero-order chi connectivity index (χ0) is 24.3. The zero-order valence-electron chi connectivity index (χ0n) is 20.1. The van der Waals surface area contributed by atoms with Gasteiger partial charge in [0.15, 0.2) is 17.7 Å². The molecule has 0 saturated heterocycles. The Morgan fingerprint density at radius 2 is 1.97 bits per heavy atom. The fourth-order valence-corrected chi connectivity index (χ4v) is 3.61. The van der Waals surface area contributed by atoms with E-state index in [1.54, 1.807) is 34.7 Å². The second-order valence-corrected chi connectivity index (χ2v) is 15.9. The highest BCUT2D eigenvalue weighted by Gasteiger charge is 2.29. The van der Waals surface area contributed by atoms with E-state index in [4.69, 9.17) is 21.1 Å². The molecule has 0 bridgehead atoms. The molecular weight excluding hydrogens is 453 g/mol. The van der Waals surface area contributed by atoms with Crippen molar-refractivity contribution in [1.82, 2.24) is 24.9 Å². The van der Waals surface area contributed by atoms with Crippen LogP contribution in [-0.2, 0) is 16.2 Å². The summed E-state index contributed by atoms with van der Waals surface area (Å²) < 4.78 is 26.0. The third-order valence-corrected chi connectivity index (χ3v) is 6.61. The first kappa shape index (κ1) is 26.2. The molecule has 0 aliphatic heterocycles. The molecule has 0 spiro atoms. The summed E-state index contributed by atoms with van der Waals surface area (Å²) in [4.78, 5) is 19.1. The van der Waals surface area contributed by atoms with Crippen molar-refractivity contribution in [3.8, 4) is 11.3 Å². The second kappa shape index (κ2) is 10.3. The molecule has 8 nitrogen and oxygen atoms in total. The van der Waals surface area contributed by atoms with Crippen LogP contribution in [0.15, 0.2) is 12.3 Å². The minimum absolute atomic E-state index is 0.112. The van der Waals surface area contributed by atoms with Gasteiger partial charge in [-0.2, -0.15) is 15.0 Å². The number of carbonyl (C=O) groups is 1. The molecule has 0 aliphatic rings. The molecule has 1 unspecified atom stereocenters. The summed E-state index contributed by atoms with van der Waals surface area (Å²) >= 11 is 5.89. The summed E-state index contributed by atoms with van der Waals surface area (Å²) in [6, 6.07) is 1.92. The Morgan fingerprint density at radius 1 is 1.31 bits per heavy atom. The normalized spacial score (nSPS) is 13.2. The number of halogens is 2. The number of ether oxygens (including phenoxy) is 2. The third-order valence-electron chi connectivity index (χ3n) is 4.64. The molecule has 2 rings (SSSR count). The van der Waals surface area contributed by atoms with E-state index in [2.05, 4.69) is 34.8 Å². The average Bonchev–Trinajstić information content (AvgIpc) is 3.08. The van der Waals surface area contributed by atoms with Gasteiger partial charge in [-0.15, -0.1) is 0 Å². The van der Waals surface area contributed by atoms with Gasteiger partial charge in [0.05, 0.1) is 6.04 Å². The molecule has 2 heterocycles. The Morgan fingerprint density at radius 3 is 2.56 bits per heavy atom. The van der Waals surface area contributed by atoms with Gasteiger partial charge in [0.1, 0.15) is 17.0 Å². The second-order valence-electron chi connectivity index (χ2n) is 9.88. The van der Waals surface area contributed by atoms with E-state index in [0.717, 1.165) is 6.04 Å². The third kappa shape index (κ3) is 7.24. The van der Waals surface area contributed by atoms with E-state index in [0.29, 0.717) is 12.3 Å². The zero-order valence-corrected chi connectivity index (χ0v) is 21.8. The van der Waals surface area contributed by atoms with Gasteiger partial charge in [-0.05, 0) is 39.8 Å². The number of rotatable bonds is 8. The van der Waals surface area contributed by atoms with Crippen molar-refractivity contribution in [2.24, 2.45) is 0 Å². The quantitative estimate of drug-likeness (QED) is 0.284. The van der Waals surface area contributed by atoms with Gasteiger partial charge >= 0.3 is 6.09 Å². The molecule has 32 heavy (non-hydrogen) atoms. The topological polar surface area (TPSA) is 82.4 Å². The van der Waals surface area contributed by atoms with E-state index >= 15 is 0 Å². The monoisotopic (exact) mass is 485 g/mol. The summed E-state index contributed by atoms with van der Waals surface area (Å²) in [7, 11) is 0.362. The number of aromatic nitrogens is 4. The van der Waals surface area contributed by atoms with Crippen LogP contribution in [0.1, 0.15) is 39.4 Å². The highest BCUT2D eigenvalue weighted by molar-refractivity contribution is 6.76. The number of hydrogen-bond acceptors (Lipinski definition) is 6. The Labute approximate surface area is 195 Å². The van der Waals surface area contributed by atoms with Gasteiger partial charge in [-0.1, -0.05) is 31.2 Å². The van der Waals surface area contributed by atoms with Crippen molar-refractivity contribution in [2.75, 3.05) is 13.7 Å². The number of amides is 1. The van der Waals surface area contributed by atoms with Gasteiger partial charge in [0.2, 0.25) is 0 Å². The first-order valence-electron chi connectivity index (χ1n) is 10.5. The van der Waals surface area contributed by atoms with Gasteiger partial charge in [0, 0.05) is 33.5 Å². The van der Waals surface area contributed by atoms with Crippen molar-refractivity contribution in [2.45, 2.75) is 71.8 Å². The maximum Gasteiger partial charge on any atom is 0.410 e. The molecule has 0 aliphatic carbocycles.